The fourth-order valence-corrected chi connectivity index (χ4v) is 2.59. The van der Waals surface area contributed by atoms with Gasteiger partial charge in [-0.1, -0.05) is 12.2 Å². The molecule has 0 bridgehead atoms. The van der Waals surface area contributed by atoms with Gasteiger partial charge in [-0.25, -0.2) is 0 Å². The Labute approximate surface area is 97.7 Å². The van der Waals surface area contributed by atoms with Crippen LogP contribution in [0.3, 0.4) is 0 Å². The number of carbonyl (C=O) groups excluding carboxylic acids is 1. The van der Waals surface area contributed by atoms with Crippen LogP contribution in [0.2, 0.25) is 0 Å². The van der Waals surface area contributed by atoms with E-state index in [9.17, 15) is 4.79 Å². The van der Waals surface area contributed by atoms with Crippen LogP contribution >= 0.6 is 12.2 Å². The Kier molecular flexibility index (Phi) is 1.74. The zero-order chi connectivity index (χ0) is 11.4. The third kappa shape index (κ3) is 1.02. The van der Waals surface area contributed by atoms with E-state index in [1.807, 2.05) is 32.0 Å². The molecule has 0 aromatic carbocycles. The summed E-state index contributed by atoms with van der Waals surface area (Å²) in [5.41, 5.74) is 4.44. The number of H-pyrrole nitrogens is 1. The van der Waals surface area contributed by atoms with Crippen LogP contribution in [0.1, 0.15) is 21.7 Å². The van der Waals surface area contributed by atoms with Gasteiger partial charge in [0, 0.05) is 17.0 Å². The zero-order valence-electron chi connectivity index (χ0n) is 9.00. The zero-order valence-corrected chi connectivity index (χ0v) is 9.81. The number of nitrogens with one attached hydrogen (secondary N) is 1. The SMILES string of the molecule is Cc1cc2c(c(=S)[nH]1)C(=O)n1c(C)ccc1-2. The van der Waals surface area contributed by atoms with Gasteiger partial charge in [0.2, 0.25) is 0 Å². The minimum Gasteiger partial charge on any atom is -0.350 e. The maximum absolute atomic E-state index is 12.2. The molecule has 80 valence electrons. The Bertz CT molecular complexity index is 679. The molecule has 0 saturated heterocycles. The lowest BCUT2D eigenvalue weighted by atomic mass is 10.1. The van der Waals surface area contributed by atoms with Gasteiger partial charge in [-0.05, 0) is 32.0 Å². The quantitative estimate of drug-likeness (QED) is 0.603. The van der Waals surface area contributed by atoms with E-state index in [-0.39, 0.29) is 5.91 Å². The average molecular weight is 230 g/mol. The lowest BCUT2D eigenvalue weighted by Crippen LogP contribution is -2.08. The van der Waals surface area contributed by atoms with Gasteiger partial charge in [0.1, 0.15) is 4.64 Å². The van der Waals surface area contributed by atoms with Crippen molar-refractivity contribution in [1.82, 2.24) is 9.55 Å². The fourth-order valence-electron chi connectivity index (χ4n) is 2.23. The Morgan fingerprint density at radius 1 is 1.31 bits per heavy atom. The van der Waals surface area contributed by atoms with E-state index in [1.165, 1.54) is 0 Å². The van der Waals surface area contributed by atoms with Crippen LogP contribution in [0.4, 0.5) is 0 Å². The molecule has 1 aliphatic rings. The van der Waals surface area contributed by atoms with Crippen molar-refractivity contribution in [3.05, 3.63) is 39.8 Å². The molecular formula is C12H10N2OS. The number of rotatable bonds is 0. The second-order valence-electron chi connectivity index (χ2n) is 4.07. The Morgan fingerprint density at radius 3 is 2.81 bits per heavy atom. The Balaban J connectivity index is 2.47. The van der Waals surface area contributed by atoms with Crippen LogP contribution in [-0.2, 0) is 0 Å². The molecule has 2 aromatic rings. The van der Waals surface area contributed by atoms with Gasteiger partial charge in [-0.3, -0.25) is 9.36 Å². The summed E-state index contributed by atoms with van der Waals surface area (Å²) in [7, 11) is 0. The highest BCUT2D eigenvalue weighted by molar-refractivity contribution is 7.71. The van der Waals surface area contributed by atoms with Gasteiger partial charge in [0.25, 0.3) is 5.91 Å². The topological polar surface area (TPSA) is 37.8 Å². The van der Waals surface area contributed by atoms with E-state index in [2.05, 4.69) is 4.98 Å². The number of fused-ring (bicyclic) bond motifs is 3. The molecule has 0 fully saturated rings. The van der Waals surface area contributed by atoms with Crippen LogP contribution in [0, 0.1) is 18.5 Å². The first-order valence-corrected chi connectivity index (χ1v) is 5.48. The Hall–Kier alpha value is -1.68. The molecule has 0 radical (unpaired) electrons. The molecule has 3 rings (SSSR count). The number of nitrogens with zero attached hydrogens (tertiary/aromatic N) is 1. The van der Waals surface area contributed by atoms with E-state index < -0.39 is 0 Å². The summed E-state index contributed by atoms with van der Waals surface area (Å²) in [6, 6.07) is 5.89. The molecule has 0 aliphatic carbocycles. The minimum absolute atomic E-state index is 0.0197. The van der Waals surface area contributed by atoms with E-state index in [0.717, 1.165) is 22.6 Å². The molecular weight excluding hydrogens is 220 g/mol. The number of carbonyl (C=O) groups is 1. The van der Waals surface area contributed by atoms with E-state index in [0.29, 0.717) is 10.2 Å². The summed E-state index contributed by atoms with van der Waals surface area (Å²) >= 11 is 5.21. The third-order valence-corrected chi connectivity index (χ3v) is 3.24. The number of pyridine rings is 1. The number of aryl methyl sites for hydroxylation is 2. The maximum Gasteiger partial charge on any atom is 0.266 e. The predicted octanol–water partition coefficient (Wildman–Crippen LogP) is 2.83. The maximum atomic E-state index is 12.2. The van der Waals surface area contributed by atoms with Crippen molar-refractivity contribution in [2.75, 3.05) is 0 Å². The van der Waals surface area contributed by atoms with Gasteiger partial charge in [-0.2, -0.15) is 0 Å². The molecule has 0 amide bonds. The second-order valence-corrected chi connectivity index (χ2v) is 4.48. The highest BCUT2D eigenvalue weighted by atomic mass is 32.1. The van der Waals surface area contributed by atoms with Crippen LogP contribution in [0.15, 0.2) is 18.2 Å². The lowest BCUT2D eigenvalue weighted by molar-refractivity contribution is 0.0966. The van der Waals surface area contributed by atoms with Crippen molar-refractivity contribution in [3.63, 3.8) is 0 Å². The van der Waals surface area contributed by atoms with Crippen molar-refractivity contribution in [1.29, 1.82) is 0 Å². The number of aromatic amines is 1. The average Bonchev–Trinajstić information content (AvgIpc) is 2.69. The summed E-state index contributed by atoms with van der Waals surface area (Å²) in [6.07, 6.45) is 0. The first-order valence-electron chi connectivity index (χ1n) is 5.07. The predicted molar refractivity (Wildman–Crippen MR) is 64.3 cm³/mol. The fraction of sp³-hybridized carbons (Fsp3) is 0.167. The summed E-state index contributed by atoms with van der Waals surface area (Å²) in [5, 5.41) is 0. The number of aromatic nitrogens is 2. The molecule has 0 spiro atoms. The largest absolute Gasteiger partial charge is 0.350 e. The first-order chi connectivity index (χ1) is 7.59. The van der Waals surface area contributed by atoms with Crippen molar-refractivity contribution < 1.29 is 4.79 Å². The van der Waals surface area contributed by atoms with Crippen molar-refractivity contribution in [3.8, 4) is 11.3 Å². The normalized spacial score (nSPS) is 12.8. The summed E-state index contributed by atoms with van der Waals surface area (Å²) < 4.78 is 2.25. The number of hydrogen-bond donors (Lipinski definition) is 1. The van der Waals surface area contributed by atoms with Gasteiger partial charge in [0.15, 0.2) is 0 Å². The van der Waals surface area contributed by atoms with Crippen LogP contribution in [0.5, 0.6) is 0 Å². The molecule has 1 aliphatic heterocycles. The van der Waals surface area contributed by atoms with Gasteiger partial charge < -0.3 is 4.98 Å². The highest BCUT2D eigenvalue weighted by Crippen LogP contribution is 2.34. The minimum atomic E-state index is -0.0197. The van der Waals surface area contributed by atoms with Gasteiger partial charge >= 0.3 is 0 Å². The lowest BCUT2D eigenvalue weighted by Gasteiger charge is -1.99. The molecule has 1 N–H and O–H groups in total. The molecule has 3 heterocycles. The molecule has 4 heteroatoms. The summed E-state index contributed by atoms with van der Waals surface area (Å²) in [4.78, 5) is 15.2. The molecule has 3 nitrogen and oxygen atoms in total. The molecule has 0 unspecified atom stereocenters. The molecule has 16 heavy (non-hydrogen) atoms. The van der Waals surface area contributed by atoms with E-state index in [1.54, 1.807) is 4.57 Å². The standard InChI is InChI=1S/C12H10N2OS/c1-6-5-8-9-4-3-7(2)14(9)12(15)10(8)11(16)13-6/h3-5H,1-2H3,(H,13,16). The van der Waals surface area contributed by atoms with Crippen molar-refractivity contribution in [2.24, 2.45) is 0 Å². The van der Waals surface area contributed by atoms with Crippen LogP contribution in [-0.4, -0.2) is 15.5 Å². The molecule has 2 aromatic heterocycles. The van der Waals surface area contributed by atoms with E-state index in [4.69, 9.17) is 12.2 Å². The monoisotopic (exact) mass is 230 g/mol. The Morgan fingerprint density at radius 2 is 2.06 bits per heavy atom. The summed E-state index contributed by atoms with van der Waals surface area (Å²) in [6.45, 7) is 3.87. The second kappa shape index (κ2) is 2.92. The third-order valence-electron chi connectivity index (χ3n) is 2.94. The highest BCUT2D eigenvalue weighted by Gasteiger charge is 2.28. The van der Waals surface area contributed by atoms with Gasteiger partial charge in [-0.15, -0.1) is 0 Å². The van der Waals surface area contributed by atoms with Gasteiger partial charge in [0.05, 0.1) is 11.3 Å². The summed E-state index contributed by atoms with van der Waals surface area (Å²) in [5.74, 6) is -0.0197. The van der Waals surface area contributed by atoms with Crippen LogP contribution in [0.25, 0.3) is 11.3 Å². The number of hydrogen-bond acceptors (Lipinski definition) is 2. The van der Waals surface area contributed by atoms with E-state index >= 15 is 0 Å². The molecule has 0 atom stereocenters. The first kappa shape index (κ1) is 9.54. The van der Waals surface area contributed by atoms with Crippen molar-refractivity contribution >= 4 is 18.1 Å². The molecule has 0 saturated carbocycles. The smallest absolute Gasteiger partial charge is 0.266 e. The van der Waals surface area contributed by atoms with Crippen LogP contribution < -0.4 is 0 Å². The van der Waals surface area contributed by atoms with Crippen molar-refractivity contribution in [2.45, 2.75) is 13.8 Å².